The van der Waals surface area contributed by atoms with Crippen LogP contribution in [0.2, 0.25) is 0 Å². The molecule has 1 fully saturated rings. The van der Waals surface area contributed by atoms with Crippen molar-refractivity contribution in [2.45, 2.75) is 42.4 Å². The first kappa shape index (κ1) is 15.6. The number of ether oxygens (including phenoxy) is 1. The monoisotopic (exact) mass is 347 g/mol. The molecule has 1 aromatic carbocycles. The Morgan fingerprint density at radius 2 is 2.17 bits per heavy atom. The zero-order chi connectivity index (χ0) is 16.7. The molecule has 0 unspecified atom stereocenters. The van der Waals surface area contributed by atoms with Gasteiger partial charge in [-0.15, -0.1) is 5.10 Å². The fraction of sp³-hybridized carbons (Fsp3) is 0.471. The number of aromatic nitrogens is 3. The third kappa shape index (κ3) is 2.81. The third-order valence-electron chi connectivity index (χ3n) is 4.41. The fourth-order valence-electron chi connectivity index (χ4n) is 3.10. The molecule has 2 heterocycles. The molecular formula is C17H18FN3O2S. The molecule has 0 N–H and O–H groups in total. The van der Waals surface area contributed by atoms with Crippen LogP contribution < -0.4 is 0 Å². The standard InChI is InChI=1S/C17H18FN3O2S/c1-2-23-16(22)11-8-14(11)24-17-19-15-12(18)9-13(21(15)20-17)10-6-4-3-5-7-10/h3-7,11-14H,2,8-9H2,1H3/t11-,12+,13+,14-/m1/s1. The van der Waals surface area contributed by atoms with Gasteiger partial charge in [0.25, 0.3) is 0 Å². The molecule has 24 heavy (non-hydrogen) atoms. The van der Waals surface area contributed by atoms with Crippen LogP contribution in [0.5, 0.6) is 0 Å². The molecule has 0 amide bonds. The molecule has 0 spiro atoms. The van der Waals surface area contributed by atoms with Crippen LogP contribution in [0.3, 0.4) is 0 Å². The Morgan fingerprint density at radius 3 is 2.92 bits per heavy atom. The van der Waals surface area contributed by atoms with E-state index in [1.807, 2.05) is 30.3 Å². The molecule has 1 saturated carbocycles. The number of esters is 1. The molecule has 5 nitrogen and oxygen atoms in total. The maximum Gasteiger partial charge on any atom is 0.310 e. The second-order valence-corrected chi connectivity index (χ2v) is 7.28. The summed E-state index contributed by atoms with van der Waals surface area (Å²) in [6, 6.07) is 9.69. The van der Waals surface area contributed by atoms with Gasteiger partial charge in [0.15, 0.2) is 12.0 Å². The molecule has 2 aromatic rings. The van der Waals surface area contributed by atoms with Crippen molar-refractivity contribution in [1.82, 2.24) is 14.8 Å². The van der Waals surface area contributed by atoms with Gasteiger partial charge in [0, 0.05) is 11.7 Å². The third-order valence-corrected chi connectivity index (χ3v) is 5.61. The normalized spacial score (nSPS) is 27.8. The van der Waals surface area contributed by atoms with E-state index >= 15 is 0 Å². The summed E-state index contributed by atoms with van der Waals surface area (Å²) >= 11 is 1.44. The minimum Gasteiger partial charge on any atom is -0.466 e. The Kier molecular flexibility index (Phi) is 4.04. The molecule has 0 radical (unpaired) electrons. The van der Waals surface area contributed by atoms with Crippen LogP contribution in [-0.2, 0) is 9.53 Å². The zero-order valence-electron chi connectivity index (χ0n) is 13.3. The first-order chi connectivity index (χ1) is 11.7. The van der Waals surface area contributed by atoms with Crippen molar-refractivity contribution in [3.8, 4) is 0 Å². The van der Waals surface area contributed by atoms with E-state index in [-0.39, 0.29) is 23.2 Å². The van der Waals surface area contributed by atoms with Gasteiger partial charge < -0.3 is 4.74 Å². The van der Waals surface area contributed by atoms with Crippen LogP contribution in [0, 0.1) is 5.92 Å². The minimum atomic E-state index is -1.10. The van der Waals surface area contributed by atoms with Gasteiger partial charge in [0.2, 0.25) is 5.16 Å². The van der Waals surface area contributed by atoms with E-state index in [1.54, 1.807) is 11.6 Å². The van der Waals surface area contributed by atoms with Crippen molar-refractivity contribution in [2.24, 2.45) is 5.92 Å². The first-order valence-corrected chi connectivity index (χ1v) is 9.04. The van der Waals surface area contributed by atoms with Crippen LogP contribution in [0.1, 0.15) is 43.4 Å². The first-order valence-electron chi connectivity index (χ1n) is 8.16. The number of benzene rings is 1. The van der Waals surface area contributed by atoms with E-state index < -0.39 is 6.17 Å². The van der Waals surface area contributed by atoms with Crippen molar-refractivity contribution in [1.29, 1.82) is 0 Å². The van der Waals surface area contributed by atoms with Crippen LogP contribution in [0.15, 0.2) is 35.5 Å². The van der Waals surface area contributed by atoms with Crippen LogP contribution >= 0.6 is 11.8 Å². The van der Waals surface area contributed by atoms with E-state index in [1.165, 1.54) is 11.8 Å². The molecular weight excluding hydrogens is 329 g/mol. The summed E-state index contributed by atoms with van der Waals surface area (Å²) in [5.74, 6) is 0.145. The largest absolute Gasteiger partial charge is 0.466 e. The van der Waals surface area contributed by atoms with Crippen LogP contribution in [-0.4, -0.2) is 32.6 Å². The lowest BCUT2D eigenvalue weighted by atomic mass is 10.0. The lowest BCUT2D eigenvalue weighted by molar-refractivity contribution is -0.144. The number of fused-ring (bicyclic) bond motifs is 1. The summed E-state index contributed by atoms with van der Waals surface area (Å²) in [5.41, 5.74) is 1.04. The number of thioether (sulfide) groups is 1. The van der Waals surface area contributed by atoms with Crippen molar-refractivity contribution in [3.05, 3.63) is 41.7 Å². The van der Waals surface area contributed by atoms with Crippen molar-refractivity contribution >= 4 is 17.7 Å². The maximum absolute atomic E-state index is 14.3. The number of carbonyl (C=O) groups excluding carboxylic acids is 1. The Morgan fingerprint density at radius 1 is 1.38 bits per heavy atom. The highest BCUT2D eigenvalue weighted by Gasteiger charge is 2.46. The summed E-state index contributed by atoms with van der Waals surface area (Å²) in [5, 5.41) is 5.18. The second kappa shape index (κ2) is 6.20. The Labute approximate surface area is 143 Å². The summed E-state index contributed by atoms with van der Waals surface area (Å²) in [6.07, 6.45) is 0.0466. The average molecular weight is 347 g/mol. The maximum atomic E-state index is 14.3. The number of halogens is 1. The number of hydrogen-bond acceptors (Lipinski definition) is 5. The van der Waals surface area contributed by atoms with E-state index in [4.69, 9.17) is 4.74 Å². The molecule has 2 aliphatic rings. The van der Waals surface area contributed by atoms with Crippen LogP contribution in [0.25, 0.3) is 0 Å². The summed E-state index contributed by atoms with van der Waals surface area (Å²) in [6.45, 7) is 2.20. The molecule has 1 aliphatic carbocycles. The molecule has 4 rings (SSSR count). The van der Waals surface area contributed by atoms with E-state index in [0.29, 0.717) is 24.0 Å². The van der Waals surface area contributed by atoms with Crippen molar-refractivity contribution in [2.75, 3.05) is 6.61 Å². The van der Waals surface area contributed by atoms with Crippen LogP contribution in [0.4, 0.5) is 4.39 Å². The fourth-order valence-corrected chi connectivity index (χ4v) is 4.23. The van der Waals surface area contributed by atoms with Gasteiger partial charge >= 0.3 is 5.97 Å². The Balaban J connectivity index is 1.49. The van der Waals surface area contributed by atoms with Gasteiger partial charge in [-0.25, -0.2) is 14.1 Å². The highest BCUT2D eigenvalue weighted by molar-refractivity contribution is 8.00. The smallest absolute Gasteiger partial charge is 0.310 e. The van der Waals surface area contributed by atoms with Gasteiger partial charge in [-0.1, -0.05) is 42.1 Å². The van der Waals surface area contributed by atoms with Gasteiger partial charge in [0.1, 0.15) is 0 Å². The zero-order valence-corrected chi connectivity index (χ0v) is 14.1. The molecule has 7 heteroatoms. The number of carbonyl (C=O) groups is 1. The Bertz CT molecular complexity index is 752. The molecule has 1 aromatic heterocycles. The lowest BCUT2D eigenvalue weighted by Crippen LogP contribution is -2.08. The van der Waals surface area contributed by atoms with Gasteiger partial charge in [-0.2, -0.15) is 0 Å². The topological polar surface area (TPSA) is 57.0 Å². The quantitative estimate of drug-likeness (QED) is 0.777. The average Bonchev–Trinajstić information content (AvgIpc) is 3.12. The second-order valence-electron chi connectivity index (χ2n) is 6.08. The van der Waals surface area contributed by atoms with Gasteiger partial charge in [-0.3, -0.25) is 4.79 Å². The van der Waals surface area contributed by atoms with Crippen molar-refractivity contribution in [3.63, 3.8) is 0 Å². The molecule has 1 aliphatic heterocycles. The number of alkyl halides is 1. The molecule has 0 bridgehead atoms. The molecule has 126 valence electrons. The summed E-state index contributed by atoms with van der Waals surface area (Å²) in [4.78, 5) is 16.0. The summed E-state index contributed by atoms with van der Waals surface area (Å²) in [7, 11) is 0. The highest BCUT2D eigenvalue weighted by Crippen LogP contribution is 2.46. The molecule has 0 saturated heterocycles. The van der Waals surface area contributed by atoms with E-state index in [2.05, 4.69) is 10.1 Å². The Hall–Kier alpha value is -1.89. The van der Waals surface area contributed by atoms with E-state index in [0.717, 1.165) is 12.0 Å². The highest BCUT2D eigenvalue weighted by atomic mass is 32.2. The number of rotatable bonds is 5. The number of hydrogen-bond donors (Lipinski definition) is 0. The SMILES string of the molecule is CCOC(=O)[C@@H]1C[C@H]1Sc1nc2n(n1)[C@H](c1ccccc1)C[C@@H]2F. The summed E-state index contributed by atoms with van der Waals surface area (Å²) < 4.78 is 21.0. The predicted octanol–water partition coefficient (Wildman–Crippen LogP) is 3.33. The van der Waals surface area contributed by atoms with Crippen molar-refractivity contribution < 1.29 is 13.9 Å². The van der Waals surface area contributed by atoms with E-state index in [9.17, 15) is 9.18 Å². The number of nitrogens with zero attached hydrogens (tertiary/aromatic N) is 3. The lowest BCUT2D eigenvalue weighted by Gasteiger charge is -2.11. The van der Waals surface area contributed by atoms with Gasteiger partial charge in [0.05, 0.1) is 18.6 Å². The molecule has 4 atom stereocenters. The van der Waals surface area contributed by atoms with Gasteiger partial charge in [-0.05, 0) is 18.9 Å². The predicted molar refractivity (Wildman–Crippen MR) is 87.5 cm³/mol. The minimum absolute atomic E-state index is 0.0839.